The van der Waals surface area contributed by atoms with Gasteiger partial charge in [0.05, 0.1) is 0 Å². The van der Waals surface area contributed by atoms with Gasteiger partial charge in [-0.05, 0) is 53.6 Å². The van der Waals surface area contributed by atoms with Crippen LogP contribution in [0.2, 0.25) is 0 Å². The molecule has 1 aliphatic rings. The largest absolute Gasteiger partial charge is 0.348 e. The quantitative estimate of drug-likeness (QED) is 0.588. The highest BCUT2D eigenvalue weighted by Gasteiger charge is 2.23. The normalized spacial score (nSPS) is 13.3. The van der Waals surface area contributed by atoms with Crippen molar-refractivity contribution in [2.75, 3.05) is 6.54 Å². The van der Waals surface area contributed by atoms with E-state index >= 15 is 0 Å². The van der Waals surface area contributed by atoms with Crippen LogP contribution in [0.3, 0.4) is 0 Å². The van der Waals surface area contributed by atoms with E-state index in [1.807, 2.05) is 12.3 Å². The fourth-order valence-electron chi connectivity index (χ4n) is 3.72. The second-order valence-corrected chi connectivity index (χ2v) is 8.29. The Morgan fingerprint density at radius 1 is 1.28 bits per heavy atom. The molecule has 0 atom stereocenters. The average Bonchev–Trinajstić information content (AvgIpc) is 3.34. The molecule has 3 heterocycles. The van der Waals surface area contributed by atoms with Crippen molar-refractivity contribution in [3.05, 3.63) is 92.4 Å². The molecule has 0 unspecified atom stereocenters. The molecule has 1 N–H and O–H groups in total. The van der Waals surface area contributed by atoms with E-state index in [0.29, 0.717) is 31.6 Å². The number of fused-ring (bicyclic) bond motifs is 1. The number of pyridine rings is 1. The Kier molecular flexibility index (Phi) is 6.41. The van der Waals surface area contributed by atoms with Gasteiger partial charge in [-0.2, -0.15) is 11.3 Å². The van der Waals surface area contributed by atoms with E-state index in [4.69, 9.17) is 0 Å². The Balaban J connectivity index is 1.46. The van der Waals surface area contributed by atoms with Gasteiger partial charge in [-0.25, -0.2) is 8.78 Å². The fraction of sp³-hybridized carbons (Fsp3) is 0.208. The first kappa shape index (κ1) is 21.8. The minimum absolute atomic E-state index is 0.0247. The number of carbonyl (C=O) groups is 2. The number of thiophene rings is 1. The summed E-state index contributed by atoms with van der Waals surface area (Å²) in [5, 5.41) is 6.60. The molecule has 0 fully saturated rings. The number of nitrogens with one attached hydrogen (secondary N) is 1. The minimum Gasteiger partial charge on any atom is -0.348 e. The molecule has 8 heteroatoms. The maximum Gasteiger partial charge on any atom is 0.252 e. The zero-order valence-corrected chi connectivity index (χ0v) is 18.2. The van der Waals surface area contributed by atoms with Crippen molar-refractivity contribution in [3.8, 4) is 0 Å². The molecule has 1 aromatic carbocycles. The number of aromatic nitrogens is 1. The summed E-state index contributed by atoms with van der Waals surface area (Å²) in [5.74, 6) is -2.35. The van der Waals surface area contributed by atoms with Crippen LogP contribution < -0.4 is 5.32 Å². The smallest absolute Gasteiger partial charge is 0.252 e. The maximum atomic E-state index is 13.8. The molecule has 2 aromatic heterocycles. The number of hydrogen-bond donors (Lipinski definition) is 1. The van der Waals surface area contributed by atoms with Crippen molar-refractivity contribution in [3.63, 3.8) is 0 Å². The van der Waals surface area contributed by atoms with Gasteiger partial charge in [0, 0.05) is 54.1 Å². The SMILES string of the molecule is Cc1ncc2c(c1CNC(=O)c1ccsc1)CCN(C(=O)/C=C/c1cccc(F)c1F)C2. The molecule has 0 saturated carbocycles. The Hall–Kier alpha value is -3.39. The highest BCUT2D eigenvalue weighted by Crippen LogP contribution is 2.24. The van der Waals surface area contributed by atoms with Gasteiger partial charge in [-0.15, -0.1) is 0 Å². The molecular formula is C24H21F2N3O2S. The predicted molar refractivity (Wildman–Crippen MR) is 119 cm³/mol. The van der Waals surface area contributed by atoms with Crippen LogP contribution in [0, 0.1) is 18.6 Å². The van der Waals surface area contributed by atoms with Gasteiger partial charge >= 0.3 is 0 Å². The van der Waals surface area contributed by atoms with Crippen LogP contribution in [-0.4, -0.2) is 28.2 Å². The zero-order chi connectivity index (χ0) is 22.7. The van der Waals surface area contributed by atoms with Crippen molar-refractivity contribution in [1.29, 1.82) is 0 Å². The lowest BCUT2D eigenvalue weighted by atomic mass is 9.94. The third kappa shape index (κ3) is 4.60. The highest BCUT2D eigenvalue weighted by atomic mass is 32.1. The Bertz CT molecular complexity index is 1190. The molecule has 2 amide bonds. The second kappa shape index (κ2) is 9.40. The third-order valence-electron chi connectivity index (χ3n) is 5.50. The summed E-state index contributed by atoms with van der Waals surface area (Å²) >= 11 is 1.47. The molecule has 164 valence electrons. The van der Waals surface area contributed by atoms with Crippen LogP contribution in [0.4, 0.5) is 8.78 Å². The van der Waals surface area contributed by atoms with Gasteiger partial charge < -0.3 is 10.2 Å². The van der Waals surface area contributed by atoms with Crippen LogP contribution in [0.1, 0.15) is 38.3 Å². The molecule has 0 bridgehead atoms. The van der Waals surface area contributed by atoms with E-state index in [2.05, 4.69) is 10.3 Å². The zero-order valence-electron chi connectivity index (χ0n) is 17.4. The molecule has 3 aromatic rings. The van der Waals surface area contributed by atoms with Gasteiger partial charge in [0.2, 0.25) is 5.91 Å². The van der Waals surface area contributed by atoms with E-state index < -0.39 is 11.6 Å². The number of benzene rings is 1. The molecule has 0 saturated heterocycles. The number of carbonyl (C=O) groups excluding carboxylic acids is 2. The average molecular weight is 454 g/mol. The van der Waals surface area contributed by atoms with Gasteiger partial charge in [-0.1, -0.05) is 12.1 Å². The van der Waals surface area contributed by atoms with Crippen LogP contribution in [0.15, 0.2) is 47.3 Å². The lowest BCUT2D eigenvalue weighted by Gasteiger charge is -2.30. The summed E-state index contributed by atoms with van der Waals surface area (Å²) < 4.78 is 27.2. The maximum absolute atomic E-state index is 13.8. The summed E-state index contributed by atoms with van der Waals surface area (Å²) in [6.45, 7) is 3.11. The van der Waals surface area contributed by atoms with Crippen molar-refractivity contribution < 1.29 is 18.4 Å². The fourth-order valence-corrected chi connectivity index (χ4v) is 4.36. The van der Waals surface area contributed by atoms with Crippen LogP contribution in [0.25, 0.3) is 6.08 Å². The van der Waals surface area contributed by atoms with Gasteiger partial charge in [-0.3, -0.25) is 14.6 Å². The molecule has 32 heavy (non-hydrogen) atoms. The van der Waals surface area contributed by atoms with E-state index in [1.54, 1.807) is 22.5 Å². The number of rotatable bonds is 5. The molecular weight excluding hydrogens is 432 g/mol. The van der Waals surface area contributed by atoms with Gasteiger partial charge in [0.25, 0.3) is 5.91 Å². The minimum atomic E-state index is -0.977. The third-order valence-corrected chi connectivity index (χ3v) is 6.19. The number of hydrogen-bond acceptors (Lipinski definition) is 4. The monoisotopic (exact) mass is 453 g/mol. The standard InChI is InChI=1S/C24H21F2N3O2S/c1-15-20(12-28-24(31)17-8-10-32-14-17)19-7-9-29(13-18(19)11-27-15)22(30)6-5-16-3-2-4-21(25)23(16)26/h2-6,8,10-11,14H,7,9,12-13H2,1H3,(H,28,31)/b6-5+. The number of aryl methyl sites for hydroxylation is 1. The van der Waals surface area contributed by atoms with E-state index in [0.717, 1.165) is 28.5 Å². The van der Waals surface area contributed by atoms with Crippen LogP contribution in [0.5, 0.6) is 0 Å². The molecule has 1 aliphatic heterocycles. The lowest BCUT2D eigenvalue weighted by Crippen LogP contribution is -2.36. The van der Waals surface area contributed by atoms with E-state index in [1.165, 1.54) is 35.6 Å². The van der Waals surface area contributed by atoms with Crippen molar-refractivity contribution in [2.24, 2.45) is 0 Å². The summed E-state index contributed by atoms with van der Waals surface area (Å²) in [7, 11) is 0. The molecule has 5 nitrogen and oxygen atoms in total. The molecule has 0 radical (unpaired) electrons. The summed E-state index contributed by atoms with van der Waals surface area (Å²) in [5.41, 5.74) is 4.47. The van der Waals surface area contributed by atoms with Crippen LogP contribution >= 0.6 is 11.3 Å². The Morgan fingerprint density at radius 2 is 2.12 bits per heavy atom. The summed E-state index contributed by atoms with van der Waals surface area (Å²) in [4.78, 5) is 31.0. The highest BCUT2D eigenvalue weighted by molar-refractivity contribution is 7.08. The van der Waals surface area contributed by atoms with E-state index in [-0.39, 0.29) is 17.4 Å². The van der Waals surface area contributed by atoms with Crippen molar-refractivity contribution in [1.82, 2.24) is 15.2 Å². The summed E-state index contributed by atoms with van der Waals surface area (Å²) in [6, 6.07) is 5.62. The summed E-state index contributed by atoms with van der Waals surface area (Å²) in [6.07, 6.45) is 4.92. The molecule has 0 spiro atoms. The first-order chi connectivity index (χ1) is 15.4. The molecule has 0 aliphatic carbocycles. The van der Waals surface area contributed by atoms with E-state index in [9.17, 15) is 18.4 Å². The van der Waals surface area contributed by atoms with Gasteiger partial charge in [0.1, 0.15) is 0 Å². The topological polar surface area (TPSA) is 62.3 Å². The second-order valence-electron chi connectivity index (χ2n) is 7.51. The first-order valence-electron chi connectivity index (χ1n) is 10.1. The van der Waals surface area contributed by atoms with Crippen molar-refractivity contribution >= 4 is 29.2 Å². The number of nitrogens with zero attached hydrogens (tertiary/aromatic N) is 2. The predicted octanol–water partition coefficient (Wildman–Crippen LogP) is 4.26. The van der Waals surface area contributed by atoms with Crippen LogP contribution in [-0.2, 0) is 24.3 Å². The Morgan fingerprint density at radius 3 is 2.91 bits per heavy atom. The lowest BCUT2D eigenvalue weighted by molar-refractivity contribution is -0.126. The Labute approximate surface area is 188 Å². The first-order valence-corrected chi connectivity index (χ1v) is 11.1. The number of amides is 2. The van der Waals surface area contributed by atoms with Crippen molar-refractivity contribution in [2.45, 2.75) is 26.4 Å². The molecule has 4 rings (SSSR count). The number of halogens is 2. The van der Waals surface area contributed by atoms with Gasteiger partial charge in [0.15, 0.2) is 11.6 Å².